The molecule has 2 N–H and O–H groups in total. The van der Waals surface area contributed by atoms with Crippen LogP contribution in [0.4, 0.5) is 5.69 Å². The van der Waals surface area contributed by atoms with Gasteiger partial charge in [0, 0.05) is 17.3 Å². The van der Waals surface area contributed by atoms with Crippen molar-refractivity contribution in [3.63, 3.8) is 0 Å². The first-order valence-electron chi connectivity index (χ1n) is 5.74. The van der Waals surface area contributed by atoms with E-state index in [-0.39, 0.29) is 0 Å². The molecule has 0 amide bonds. The van der Waals surface area contributed by atoms with Crippen LogP contribution in [0, 0.1) is 6.92 Å². The molecule has 0 aromatic heterocycles. The van der Waals surface area contributed by atoms with Crippen LogP contribution in [0.2, 0.25) is 0 Å². The molecule has 0 aliphatic heterocycles. The lowest BCUT2D eigenvalue weighted by atomic mass is 10.0. The molecular weight excluding hydrogens is 226 g/mol. The number of nitrogens with two attached hydrogens (primary N) is 1. The van der Waals surface area contributed by atoms with Crippen molar-refractivity contribution in [3.05, 3.63) is 42.0 Å². The van der Waals surface area contributed by atoms with Crippen LogP contribution in [-0.4, -0.2) is 14.2 Å². The summed E-state index contributed by atoms with van der Waals surface area (Å²) in [5, 5.41) is 0. The number of rotatable bonds is 3. The van der Waals surface area contributed by atoms with Crippen molar-refractivity contribution >= 4 is 5.69 Å². The normalized spacial score (nSPS) is 10.2. The first kappa shape index (κ1) is 12.3. The van der Waals surface area contributed by atoms with Crippen LogP contribution in [-0.2, 0) is 0 Å². The summed E-state index contributed by atoms with van der Waals surface area (Å²) in [4.78, 5) is 0. The summed E-state index contributed by atoms with van der Waals surface area (Å²) in [6, 6.07) is 11.8. The van der Waals surface area contributed by atoms with Crippen LogP contribution in [0.15, 0.2) is 36.4 Å². The van der Waals surface area contributed by atoms with Crippen molar-refractivity contribution in [2.45, 2.75) is 6.92 Å². The lowest BCUT2D eigenvalue weighted by molar-refractivity contribution is 0.395. The maximum atomic E-state index is 5.94. The summed E-state index contributed by atoms with van der Waals surface area (Å²) in [7, 11) is 3.29. The summed E-state index contributed by atoms with van der Waals surface area (Å²) >= 11 is 0. The minimum Gasteiger partial charge on any atom is -0.497 e. The van der Waals surface area contributed by atoms with Gasteiger partial charge in [-0.15, -0.1) is 0 Å². The third-order valence-corrected chi connectivity index (χ3v) is 3.00. The monoisotopic (exact) mass is 243 g/mol. The van der Waals surface area contributed by atoms with Crippen LogP contribution in [0.3, 0.4) is 0 Å². The number of aryl methyl sites for hydroxylation is 1. The van der Waals surface area contributed by atoms with Crippen LogP contribution in [0.1, 0.15) is 5.56 Å². The van der Waals surface area contributed by atoms with Crippen molar-refractivity contribution in [2.24, 2.45) is 0 Å². The molecule has 3 nitrogen and oxygen atoms in total. The molecule has 0 radical (unpaired) electrons. The van der Waals surface area contributed by atoms with Gasteiger partial charge in [0.15, 0.2) is 0 Å². The van der Waals surface area contributed by atoms with Crippen molar-refractivity contribution in [2.75, 3.05) is 20.0 Å². The molecule has 94 valence electrons. The highest BCUT2D eigenvalue weighted by atomic mass is 16.5. The molecular formula is C15H17NO2. The van der Waals surface area contributed by atoms with Crippen molar-refractivity contribution in [1.29, 1.82) is 0 Å². The van der Waals surface area contributed by atoms with Gasteiger partial charge in [0.2, 0.25) is 0 Å². The van der Waals surface area contributed by atoms with Gasteiger partial charge in [-0.2, -0.15) is 0 Å². The molecule has 2 aromatic rings. The predicted octanol–water partition coefficient (Wildman–Crippen LogP) is 3.26. The predicted molar refractivity (Wildman–Crippen MR) is 74.1 cm³/mol. The smallest absolute Gasteiger partial charge is 0.130 e. The Balaban J connectivity index is 2.52. The third-order valence-electron chi connectivity index (χ3n) is 3.00. The molecule has 3 heteroatoms. The minimum atomic E-state index is 0.774. The summed E-state index contributed by atoms with van der Waals surface area (Å²) in [5.74, 6) is 1.55. The average molecular weight is 243 g/mol. The second-order valence-corrected chi connectivity index (χ2v) is 4.14. The van der Waals surface area contributed by atoms with E-state index < -0.39 is 0 Å². The number of anilines is 1. The van der Waals surface area contributed by atoms with E-state index in [1.54, 1.807) is 14.2 Å². The molecule has 0 atom stereocenters. The second kappa shape index (κ2) is 5.00. The van der Waals surface area contributed by atoms with Crippen LogP contribution in [0.25, 0.3) is 11.1 Å². The van der Waals surface area contributed by atoms with Crippen LogP contribution in [0.5, 0.6) is 11.5 Å². The molecule has 0 heterocycles. The van der Waals surface area contributed by atoms with Gasteiger partial charge in [0.1, 0.15) is 11.5 Å². The summed E-state index contributed by atoms with van der Waals surface area (Å²) in [6.45, 7) is 1.99. The molecule has 0 spiro atoms. The summed E-state index contributed by atoms with van der Waals surface area (Å²) < 4.78 is 10.6. The van der Waals surface area contributed by atoms with Crippen molar-refractivity contribution in [1.82, 2.24) is 0 Å². The highest BCUT2D eigenvalue weighted by molar-refractivity contribution is 5.74. The number of benzene rings is 2. The Morgan fingerprint density at radius 1 is 0.944 bits per heavy atom. The standard InChI is InChI=1S/C15H17NO2/c1-10-4-5-11(8-14(10)16)13-7-6-12(17-2)9-15(13)18-3/h4-9H,16H2,1-3H3. The van der Waals surface area contributed by atoms with Crippen LogP contribution < -0.4 is 15.2 Å². The first-order chi connectivity index (χ1) is 8.65. The van der Waals surface area contributed by atoms with Gasteiger partial charge in [-0.25, -0.2) is 0 Å². The van der Waals surface area contributed by atoms with Gasteiger partial charge in [0.25, 0.3) is 0 Å². The largest absolute Gasteiger partial charge is 0.497 e. The van der Waals surface area contributed by atoms with E-state index in [0.717, 1.165) is 33.9 Å². The molecule has 18 heavy (non-hydrogen) atoms. The van der Waals surface area contributed by atoms with Gasteiger partial charge < -0.3 is 15.2 Å². The molecule has 0 saturated heterocycles. The van der Waals surface area contributed by atoms with E-state index in [1.165, 1.54) is 0 Å². The van der Waals surface area contributed by atoms with E-state index in [2.05, 4.69) is 0 Å². The zero-order chi connectivity index (χ0) is 13.1. The molecule has 0 fully saturated rings. The average Bonchev–Trinajstić information content (AvgIpc) is 2.41. The summed E-state index contributed by atoms with van der Waals surface area (Å²) in [6.07, 6.45) is 0. The zero-order valence-corrected chi connectivity index (χ0v) is 10.9. The SMILES string of the molecule is COc1ccc(-c2ccc(C)c(N)c2)c(OC)c1. The van der Waals surface area contributed by atoms with E-state index in [1.807, 2.05) is 43.3 Å². The number of methoxy groups -OCH3 is 2. The van der Waals surface area contributed by atoms with Gasteiger partial charge in [-0.1, -0.05) is 12.1 Å². The van der Waals surface area contributed by atoms with Crippen LogP contribution >= 0.6 is 0 Å². The second-order valence-electron chi connectivity index (χ2n) is 4.14. The van der Waals surface area contributed by atoms with Crippen molar-refractivity contribution in [3.8, 4) is 22.6 Å². The molecule has 2 rings (SSSR count). The van der Waals surface area contributed by atoms with Crippen molar-refractivity contribution < 1.29 is 9.47 Å². The lowest BCUT2D eigenvalue weighted by Crippen LogP contribution is -1.93. The van der Waals surface area contributed by atoms with Gasteiger partial charge in [-0.3, -0.25) is 0 Å². The maximum Gasteiger partial charge on any atom is 0.130 e. The Labute approximate surface area is 107 Å². The fourth-order valence-corrected chi connectivity index (χ4v) is 1.85. The minimum absolute atomic E-state index is 0.774. The number of ether oxygens (including phenoxy) is 2. The molecule has 0 saturated carbocycles. The van der Waals surface area contributed by atoms with Gasteiger partial charge in [0.05, 0.1) is 14.2 Å². The highest BCUT2D eigenvalue weighted by Crippen LogP contribution is 2.34. The molecule has 0 aliphatic carbocycles. The van der Waals surface area contributed by atoms with E-state index in [9.17, 15) is 0 Å². The molecule has 2 aromatic carbocycles. The fourth-order valence-electron chi connectivity index (χ4n) is 1.85. The Kier molecular flexibility index (Phi) is 3.42. The Bertz CT molecular complexity index is 564. The quantitative estimate of drug-likeness (QED) is 0.841. The molecule has 0 aliphatic rings. The topological polar surface area (TPSA) is 44.5 Å². The first-order valence-corrected chi connectivity index (χ1v) is 5.74. The van der Waals surface area contributed by atoms with E-state index in [0.29, 0.717) is 0 Å². The van der Waals surface area contributed by atoms with E-state index in [4.69, 9.17) is 15.2 Å². The number of nitrogen functional groups attached to an aromatic ring is 1. The lowest BCUT2D eigenvalue weighted by Gasteiger charge is -2.11. The number of hydrogen-bond acceptors (Lipinski definition) is 3. The van der Waals surface area contributed by atoms with Gasteiger partial charge in [-0.05, 0) is 36.2 Å². The summed E-state index contributed by atoms with van der Waals surface area (Å²) in [5.41, 5.74) is 9.84. The molecule has 0 bridgehead atoms. The Morgan fingerprint density at radius 2 is 1.72 bits per heavy atom. The fraction of sp³-hybridized carbons (Fsp3) is 0.200. The van der Waals surface area contributed by atoms with Gasteiger partial charge >= 0.3 is 0 Å². The zero-order valence-electron chi connectivity index (χ0n) is 10.9. The Hall–Kier alpha value is -2.16. The number of hydrogen-bond donors (Lipinski definition) is 1. The molecule has 0 unspecified atom stereocenters. The highest BCUT2D eigenvalue weighted by Gasteiger charge is 2.08. The van der Waals surface area contributed by atoms with E-state index >= 15 is 0 Å². The Morgan fingerprint density at radius 3 is 2.33 bits per heavy atom. The third kappa shape index (κ3) is 2.25. The maximum absolute atomic E-state index is 5.94.